The normalized spacial score (nSPS) is 9.38. The summed E-state index contributed by atoms with van der Waals surface area (Å²) in [6.07, 6.45) is 10.2. The van der Waals surface area contributed by atoms with Crippen molar-refractivity contribution in [2.45, 2.75) is 0 Å². The molecule has 3 heterocycles. The topological polar surface area (TPSA) is 164 Å². The largest absolute Gasteiger partial charge is 0.412 e. The maximum Gasteiger partial charge on any atom is 0.314 e. The molecule has 0 aliphatic heterocycles. The molecule has 0 amide bonds. The first-order valence-electron chi connectivity index (χ1n) is 6.49. The number of nitrogens with one attached hydrogen (secondary N) is 2. The zero-order chi connectivity index (χ0) is 15.1. The first kappa shape index (κ1) is 23.1. The van der Waals surface area contributed by atoms with Crippen molar-refractivity contribution in [3.8, 4) is 11.4 Å². The van der Waals surface area contributed by atoms with Gasteiger partial charge in [0.2, 0.25) is 0 Å². The molecule has 1 aromatic carbocycles. The maximum atomic E-state index is 11.5. The number of nitrogens with zero attached hydrogens (tertiary/aromatic N) is 4. The fourth-order valence-electron chi connectivity index (χ4n) is 2.36. The highest BCUT2D eigenvalue weighted by molar-refractivity contribution is 5.85. The van der Waals surface area contributed by atoms with Gasteiger partial charge < -0.3 is 30.1 Å². The number of hydrogen-bond donors (Lipinski definition) is 2. The van der Waals surface area contributed by atoms with Gasteiger partial charge in [-0.3, -0.25) is 9.59 Å². The van der Waals surface area contributed by atoms with Crippen LogP contribution in [0.2, 0.25) is 0 Å². The highest BCUT2D eigenvalue weighted by Gasteiger charge is 2.10. The Hall–Kier alpha value is -2.92. The Kier molecular flexibility index (Phi) is 7.96. The molecule has 0 bridgehead atoms. The average Bonchev–Trinajstić information content (AvgIpc) is 3.21. The number of aromatic nitrogens is 6. The number of fused-ring (bicyclic) bond motifs is 1. The molecule has 4 rings (SSSR count). The standard InChI is InChI=1S/C14H10N6O2.2ClH.2H2O/c21-13-14(22)18-10-6-12(20-4-2-16-8-20)11(5-9(10)17-13)19-3-1-15-7-19;;;;/h1-8H,(H,17,21)(H,18,22);2*1H;2*1H2. The highest BCUT2D eigenvalue weighted by atomic mass is 35.5. The van der Waals surface area contributed by atoms with E-state index in [-0.39, 0.29) is 35.8 Å². The number of aromatic amines is 2. The molecule has 0 fully saturated rings. The summed E-state index contributed by atoms with van der Waals surface area (Å²) in [6, 6.07) is 3.56. The Morgan fingerprint density at radius 2 is 1.12 bits per heavy atom. The van der Waals surface area contributed by atoms with E-state index in [1.807, 2.05) is 9.13 Å². The van der Waals surface area contributed by atoms with E-state index in [4.69, 9.17) is 0 Å². The first-order chi connectivity index (χ1) is 10.7. The maximum absolute atomic E-state index is 11.5. The van der Waals surface area contributed by atoms with Crippen LogP contribution in [0.1, 0.15) is 0 Å². The minimum Gasteiger partial charge on any atom is -0.412 e. The highest BCUT2D eigenvalue weighted by Crippen LogP contribution is 2.23. The number of rotatable bonds is 2. The summed E-state index contributed by atoms with van der Waals surface area (Å²) in [7, 11) is 0. The molecular formula is C14H16Cl2N6O4. The SMILES string of the molecule is Cl.Cl.O.O.O=c1[nH]c2cc(-n3ccnc3)c(-n3ccnc3)cc2[nH]c1=O. The molecule has 10 nitrogen and oxygen atoms in total. The minimum atomic E-state index is -0.681. The lowest BCUT2D eigenvalue weighted by Gasteiger charge is -2.12. The molecule has 0 saturated heterocycles. The molecule has 140 valence electrons. The van der Waals surface area contributed by atoms with E-state index in [1.165, 1.54) is 0 Å². The predicted molar refractivity (Wildman–Crippen MR) is 101 cm³/mol. The fourth-order valence-corrected chi connectivity index (χ4v) is 2.36. The molecule has 0 radical (unpaired) electrons. The Morgan fingerprint density at radius 1 is 0.731 bits per heavy atom. The summed E-state index contributed by atoms with van der Waals surface area (Å²) < 4.78 is 3.64. The van der Waals surface area contributed by atoms with Crippen molar-refractivity contribution in [3.63, 3.8) is 0 Å². The van der Waals surface area contributed by atoms with Gasteiger partial charge in [0.15, 0.2) is 0 Å². The molecule has 3 aromatic heterocycles. The third kappa shape index (κ3) is 3.83. The van der Waals surface area contributed by atoms with Crippen LogP contribution in [0.3, 0.4) is 0 Å². The van der Waals surface area contributed by atoms with Crippen molar-refractivity contribution < 1.29 is 11.0 Å². The smallest absolute Gasteiger partial charge is 0.314 e. The molecular weight excluding hydrogens is 387 g/mol. The van der Waals surface area contributed by atoms with Crippen molar-refractivity contribution >= 4 is 35.8 Å². The molecule has 0 aliphatic rings. The predicted octanol–water partition coefficient (Wildman–Crippen LogP) is -0.218. The van der Waals surface area contributed by atoms with E-state index in [0.717, 1.165) is 11.4 Å². The zero-order valence-corrected chi connectivity index (χ0v) is 14.7. The molecule has 0 atom stereocenters. The number of H-pyrrole nitrogens is 2. The van der Waals surface area contributed by atoms with Crippen LogP contribution < -0.4 is 11.1 Å². The van der Waals surface area contributed by atoms with Crippen molar-refractivity contribution in [2.24, 2.45) is 0 Å². The van der Waals surface area contributed by atoms with Crippen LogP contribution >= 0.6 is 24.8 Å². The van der Waals surface area contributed by atoms with Crippen LogP contribution in [-0.2, 0) is 0 Å². The third-order valence-corrected chi connectivity index (χ3v) is 3.38. The Bertz CT molecular complexity index is 986. The summed E-state index contributed by atoms with van der Waals surface area (Å²) in [5, 5.41) is 0. The zero-order valence-electron chi connectivity index (χ0n) is 13.0. The van der Waals surface area contributed by atoms with Crippen LogP contribution in [0.25, 0.3) is 22.4 Å². The van der Waals surface area contributed by atoms with Gasteiger partial charge in [0.25, 0.3) is 0 Å². The van der Waals surface area contributed by atoms with Gasteiger partial charge in [0, 0.05) is 24.8 Å². The lowest BCUT2D eigenvalue weighted by atomic mass is 10.2. The molecule has 0 aliphatic carbocycles. The summed E-state index contributed by atoms with van der Waals surface area (Å²) in [5.41, 5.74) is 1.31. The molecule has 0 unspecified atom stereocenters. The lowest BCUT2D eigenvalue weighted by Crippen LogP contribution is -2.29. The summed E-state index contributed by atoms with van der Waals surface area (Å²) in [6.45, 7) is 0. The lowest BCUT2D eigenvalue weighted by molar-refractivity contribution is 0.823. The van der Waals surface area contributed by atoms with Gasteiger partial charge in [-0.1, -0.05) is 0 Å². The van der Waals surface area contributed by atoms with Crippen molar-refractivity contribution in [1.82, 2.24) is 29.1 Å². The Labute approximate surface area is 158 Å². The van der Waals surface area contributed by atoms with E-state index in [2.05, 4.69) is 19.9 Å². The number of benzene rings is 1. The second-order valence-electron chi connectivity index (χ2n) is 4.73. The van der Waals surface area contributed by atoms with Crippen LogP contribution in [0.4, 0.5) is 0 Å². The van der Waals surface area contributed by atoms with Gasteiger partial charge in [-0.2, -0.15) is 0 Å². The van der Waals surface area contributed by atoms with Gasteiger partial charge in [0.1, 0.15) is 0 Å². The van der Waals surface area contributed by atoms with Crippen LogP contribution in [0.5, 0.6) is 0 Å². The van der Waals surface area contributed by atoms with Gasteiger partial charge in [-0.15, -0.1) is 24.8 Å². The molecule has 26 heavy (non-hydrogen) atoms. The van der Waals surface area contributed by atoms with E-state index < -0.39 is 11.1 Å². The fraction of sp³-hybridized carbons (Fsp3) is 0. The van der Waals surface area contributed by atoms with Crippen molar-refractivity contribution in [1.29, 1.82) is 0 Å². The van der Waals surface area contributed by atoms with Crippen LogP contribution in [0, 0.1) is 0 Å². The third-order valence-electron chi connectivity index (χ3n) is 3.38. The Balaban J connectivity index is 0.00000156. The van der Waals surface area contributed by atoms with E-state index in [1.54, 1.807) is 49.6 Å². The van der Waals surface area contributed by atoms with Crippen LogP contribution in [0.15, 0.2) is 59.2 Å². The molecule has 6 N–H and O–H groups in total. The van der Waals surface area contributed by atoms with E-state index >= 15 is 0 Å². The molecule has 12 heteroatoms. The average molecular weight is 403 g/mol. The van der Waals surface area contributed by atoms with Crippen LogP contribution in [-0.4, -0.2) is 40.0 Å². The second kappa shape index (κ2) is 8.97. The summed E-state index contributed by atoms with van der Waals surface area (Å²) in [5.74, 6) is 0. The number of imidazole rings is 2. The monoisotopic (exact) mass is 402 g/mol. The minimum absolute atomic E-state index is 0. The number of hydrogen-bond acceptors (Lipinski definition) is 4. The second-order valence-corrected chi connectivity index (χ2v) is 4.73. The molecule has 0 spiro atoms. The summed E-state index contributed by atoms with van der Waals surface area (Å²) >= 11 is 0. The Morgan fingerprint density at radius 3 is 1.42 bits per heavy atom. The van der Waals surface area contributed by atoms with Gasteiger partial charge in [-0.05, 0) is 12.1 Å². The molecule has 0 saturated carbocycles. The van der Waals surface area contributed by atoms with Crippen molar-refractivity contribution in [2.75, 3.05) is 0 Å². The summed E-state index contributed by atoms with van der Waals surface area (Å²) in [4.78, 5) is 36.3. The van der Waals surface area contributed by atoms with Gasteiger partial charge in [0.05, 0.1) is 35.1 Å². The van der Waals surface area contributed by atoms with E-state index in [9.17, 15) is 9.59 Å². The molecule has 4 aromatic rings. The van der Waals surface area contributed by atoms with Gasteiger partial charge >= 0.3 is 11.1 Å². The van der Waals surface area contributed by atoms with Crippen molar-refractivity contribution in [3.05, 3.63) is 70.3 Å². The number of halogens is 2. The van der Waals surface area contributed by atoms with Gasteiger partial charge in [-0.25, -0.2) is 9.97 Å². The van der Waals surface area contributed by atoms with E-state index in [0.29, 0.717) is 11.0 Å². The first-order valence-corrected chi connectivity index (χ1v) is 6.49. The quantitative estimate of drug-likeness (QED) is 0.442.